The number of unbranched alkanes of at least 4 members (excludes halogenated alkanes) is 2. The van der Waals surface area contributed by atoms with E-state index in [2.05, 4.69) is 11.4 Å². The third-order valence-electron chi connectivity index (χ3n) is 2.54. The lowest BCUT2D eigenvalue weighted by Gasteiger charge is -2.14. The van der Waals surface area contributed by atoms with Crippen LogP contribution >= 0.6 is 0 Å². The number of hydrogen-bond acceptors (Lipinski definition) is 2. The molecule has 3 heteroatoms. The van der Waals surface area contributed by atoms with Crippen LogP contribution in [0.25, 0.3) is 0 Å². The number of nitriles is 1. The van der Waals surface area contributed by atoms with E-state index in [1.807, 2.05) is 13.0 Å². The largest absolute Gasteiger partial charge is 0.310 e. The Kier molecular flexibility index (Phi) is 5.52. The molecular formula is C13H17FN2. The highest BCUT2D eigenvalue weighted by atomic mass is 19.1. The summed E-state index contributed by atoms with van der Waals surface area (Å²) in [7, 11) is 0. The Balaban J connectivity index is 2.33. The first-order chi connectivity index (χ1) is 7.75. The summed E-state index contributed by atoms with van der Waals surface area (Å²) >= 11 is 0. The molecule has 0 bridgehead atoms. The molecule has 0 fully saturated rings. The van der Waals surface area contributed by atoms with E-state index in [9.17, 15) is 4.39 Å². The number of nitrogens with one attached hydrogen (secondary N) is 1. The molecular weight excluding hydrogens is 203 g/mol. The van der Waals surface area contributed by atoms with Gasteiger partial charge in [0.15, 0.2) is 0 Å². The van der Waals surface area contributed by atoms with Crippen molar-refractivity contribution in [3.05, 3.63) is 35.6 Å². The zero-order valence-electron chi connectivity index (χ0n) is 9.54. The summed E-state index contributed by atoms with van der Waals surface area (Å²) in [5.41, 5.74) is 0.697. The molecule has 0 aromatic heterocycles. The van der Waals surface area contributed by atoms with Gasteiger partial charge in [0.1, 0.15) is 5.82 Å². The zero-order chi connectivity index (χ0) is 11.8. The Hall–Kier alpha value is -1.40. The molecule has 2 nitrogen and oxygen atoms in total. The van der Waals surface area contributed by atoms with Crippen molar-refractivity contribution in [1.29, 1.82) is 5.26 Å². The molecule has 0 amide bonds. The van der Waals surface area contributed by atoms with Crippen LogP contribution in [0.5, 0.6) is 0 Å². The third kappa shape index (κ3) is 4.00. The van der Waals surface area contributed by atoms with Crippen molar-refractivity contribution in [3.8, 4) is 6.07 Å². The first-order valence-corrected chi connectivity index (χ1v) is 5.60. The highest BCUT2D eigenvalue weighted by molar-refractivity contribution is 5.20. The molecule has 0 aliphatic heterocycles. The van der Waals surface area contributed by atoms with E-state index in [0.717, 1.165) is 19.4 Å². The summed E-state index contributed by atoms with van der Waals surface area (Å²) in [6, 6.07) is 8.93. The second-order valence-electron chi connectivity index (χ2n) is 3.81. The highest BCUT2D eigenvalue weighted by Gasteiger charge is 2.08. The fraction of sp³-hybridized carbons (Fsp3) is 0.462. The van der Waals surface area contributed by atoms with Gasteiger partial charge in [-0.25, -0.2) is 4.39 Å². The maximum Gasteiger partial charge on any atom is 0.127 e. The van der Waals surface area contributed by atoms with Gasteiger partial charge in [-0.15, -0.1) is 0 Å². The Morgan fingerprint density at radius 3 is 2.81 bits per heavy atom. The third-order valence-corrected chi connectivity index (χ3v) is 2.54. The van der Waals surface area contributed by atoms with E-state index in [1.54, 1.807) is 12.1 Å². The topological polar surface area (TPSA) is 35.8 Å². The van der Waals surface area contributed by atoms with Gasteiger partial charge in [-0.05, 0) is 32.4 Å². The first kappa shape index (κ1) is 12.7. The summed E-state index contributed by atoms with van der Waals surface area (Å²) in [5.74, 6) is -0.167. The van der Waals surface area contributed by atoms with Gasteiger partial charge in [-0.2, -0.15) is 5.26 Å². The van der Waals surface area contributed by atoms with Crippen LogP contribution in [0.1, 0.15) is 37.8 Å². The first-order valence-electron chi connectivity index (χ1n) is 5.60. The SMILES string of the molecule is CC(NCCCCC#N)c1ccccc1F. The summed E-state index contributed by atoms with van der Waals surface area (Å²) in [4.78, 5) is 0. The van der Waals surface area contributed by atoms with Crippen LogP contribution in [0.4, 0.5) is 4.39 Å². The van der Waals surface area contributed by atoms with Crippen molar-refractivity contribution in [3.63, 3.8) is 0 Å². The average molecular weight is 220 g/mol. The monoisotopic (exact) mass is 220 g/mol. The fourth-order valence-corrected chi connectivity index (χ4v) is 1.58. The molecule has 1 rings (SSSR count). The molecule has 1 N–H and O–H groups in total. The molecule has 1 unspecified atom stereocenters. The summed E-state index contributed by atoms with van der Waals surface area (Å²) in [5, 5.41) is 11.6. The molecule has 1 aromatic carbocycles. The van der Waals surface area contributed by atoms with E-state index in [0.29, 0.717) is 12.0 Å². The van der Waals surface area contributed by atoms with Crippen LogP contribution in [0, 0.1) is 17.1 Å². The molecule has 0 heterocycles. The highest BCUT2D eigenvalue weighted by Crippen LogP contribution is 2.15. The minimum atomic E-state index is -0.167. The Morgan fingerprint density at radius 1 is 1.38 bits per heavy atom. The van der Waals surface area contributed by atoms with Gasteiger partial charge >= 0.3 is 0 Å². The van der Waals surface area contributed by atoms with Gasteiger partial charge in [0.25, 0.3) is 0 Å². The van der Waals surface area contributed by atoms with Crippen LogP contribution in [-0.2, 0) is 0 Å². The minimum absolute atomic E-state index is 0.0169. The molecule has 1 aromatic rings. The van der Waals surface area contributed by atoms with E-state index in [1.165, 1.54) is 6.07 Å². The standard InChI is InChI=1S/C13H17FN2/c1-11(16-10-6-2-5-9-15)12-7-3-4-8-13(12)14/h3-4,7-8,11,16H,2,5-6,10H2,1H3. The minimum Gasteiger partial charge on any atom is -0.310 e. The lowest BCUT2D eigenvalue weighted by Crippen LogP contribution is -2.20. The fourth-order valence-electron chi connectivity index (χ4n) is 1.58. The quantitative estimate of drug-likeness (QED) is 0.747. The van der Waals surface area contributed by atoms with E-state index >= 15 is 0 Å². The maximum absolute atomic E-state index is 13.4. The molecule has 0 aliphatic carbocycles. The lowest BCUT2D eigenvalue weighted by atomic mass is 10.1. The summed E-state index contributed by atoms with van der Waals surface area (Å²) in [6.45, 7) is 2.76. The van der Waals surface area contributed by atoms with Gasteiger partial charge in [0.2, 0.25) is 0 Å². The van der Waals surface area contributed by atoms with Crippen molar-refractivity contribution in [1.82, 2.24) is 5.32 Å². The summed E-state index contributed by atoms with van der Waals surface area (Å²) in [6.07, 6.45) is 2.44. The molecule has 0 radical (unpaired) electrons. The Labute approximate surface area is 96.1 Å². The summed E-state index contributed by atoms with van der Waals surface area (Å²) < 4.78 is 13.4. The van der Waals surface area contributed by atoms with Crippen molar-refractivity contribution >= 4 is 0 Å². The molecule has 0 saturated carbocycles. The second-order valence-corrected chi connectivity index (χ2v) is 3.81. The lowest BCUT2D eigenvalue weighted by molar-refractivity contribution is 0.516. The molecule has 1 atom stereocenters. The molecule has 16 heavy (non-hydrogen) atoms. The number of halogens is 1. The van der Waals surface area contributed by atoms with Gasteiger partial charge in [0.05, 0.1) is 6.07 Å². The van der Waals surface area contributed by atoms with E-state index < -0.39 is 0 Å². The van der Waals surface area contributed by atoms with Crippen LogP contribution in [-0.4, -0.2) is 6.54 Å². The average Bonchev–Trinajstić information content (AvgIpc) is 2.29. The zero-order valence-corrected chi connectivity index (χ0v) is 9.54. The molecule has 0 spiro atoms. The number of hydrogen-bond donors (Lipinski definition) is 1. The normalized spacial score (nSPS) is 12.1. The van der Waals surface area contributed by atoms with Gasteiger partial charge in [-0.3, -0.25) is 0 Å². The van der Waals surface area contributed by atoms with Gasteiger partial charge in [0, 0.05) is 18.0 Å². The maximum atomic E-state index is 13.4. The van der Waals surface area contributed by atoms with Crippen molar-refractivity contribution in [2.75, 3.05) is 6.54 Å². The molecule has 0 saturated heterocycles. The van der Waals surface area contributed by atoms with Crippen LogP contribution in [0.3, 0.4) is 0 Å². The molecule has 86 valence electrons. The molecule has 0 aliphatic rings. The van der Waals surface area contributed by atoms with Crippen LogP contribution in [0.2, 0.25) is 0 Å². The number of rotatable bonds is 6. The van der Waals surface area contributed by atoms with Crippen LogP contribution in [0.15, 0.2) is 24.3 Å². The smallest absolute Gasteiger partial charge is 0.127 e. The predicted octanol–water partition coefficient (Wildman–Crippen LogP) is 3.17. The Morgan fingerprint density at radius 2 is 2.12 bits per heavy atom. The number of nitrogens with zero attached hydrogens (tertiary/aromatic N) is 1. The van der Waals surface area contributed by atoms with Crippen molar-refractivity contribution < 1.29 is 4.39 Å². The van der Waals surface area contributed by atoms with E-state index in [-0.39, 0.29) is 11.9 Å². The second kappa shape index (κ2) is 6.97. The van der Waals surface area contributed by atoms with Crippen molar-refractivity contribution in [2.45, 2.75) is 32.2 Å². The Bertz CT molecular complexity index is 357. The van der Waals surface area contributed by atoms with Gasteiger partial charge < -0.3 is 5.32 Å². The predicted molar refractivity (Wildman–Crippen MR) is 62.3 cm³/mol. The van der Waals surface area contributed by atoms with E-state index in [4.69, 9.17) is 5.26 Å². The van der Waals surface area contributed by atoms with Crippen LogP contribution < -0.4 is 5.32 Å². The number of benzene rings is 1. The van der Waals surface area contributed by atoms with Crippen molar-refractivity contribution in [2.24, 2.45) is 0 Å². The van der Waals surface area contributed by atoms with Gasteiger partial charge in [-0.1, -0.05) is 18.2 Å².